The van der Waals surface area contributed by atoms with E-state index in [9.17, 15) is 4.21 Å². The summed E-state index contributed by atoms with van der Waals surface area (Å²) in [4.78, 5) is 8.28. The van der Waals surface area contributed by atoms with Crippen molar-refractivity contribution in [2.24, 2.45) is 0 Å². The third-order valence-electron chi connectivity index (χ3n) is 6.12. The number of nitrogens with zero attached hydrogens (tertiary/aromatic N) is 4. The molecule has 3 aromatic rings. The smallest absolute Gasteiger partial charge is 0.256 e. The minimum absolute atomic E-state index is 0. The van der Waals surface area contributed by atoms with Gasteiger partial charge in [0.1, 0.15) is 16.7 Å². The number of rotatable bonds is 8. The molecule has 1 heterocycles. The largest absolute Gasteiger partial charge is 0.502 e. The molecule has 0 fully saturated rings. The van der Waals surface area contributed by atoms with E-state index >= 15 is 0 Å². The Bertz CT molecular complexity index is 1310. The number of ether oxygens (including phenoxy) is 1. The van der Waals surface area contributed by atoms with Crippen molar-refractivity contribution < 1.29 is 13.5 Å². The zero-order valence-electron chi connectivity index (χ0n) is 22.4. The van der Waals surface area contributed by atoms with Crippen molar-refractivity contribution in [3.63, 3.8) is 0 Å². The van der Waals surface area contributed by atoms with E-state index in [2.05, 4.69) is 32.3 Å². The molecule has 0 aliphatic heterocycles. The average Bonchev–Trinajstić information content (AvgIpc) is 3.49. The van der Waals surface area contributed by atoms with Gasteiger partial charge in [-0.2, -0.15) is 18.5 Å². The summed E-state index contributed by atoms with van der Waals surface area (Å²) < 4.78 is 26.6. The van der Waals surface area contributed by atoms with Gasteiger partial charge in [-0.05, 0) is 83.2 Å². The summed E-state index contributed by atoms with van der Waals surface area (Å²) in [6.45, 7) is 20.4. The number of aromatic nitrogens is 2. The zero-order valence-corrected chi connectivity index (χ0v) is 24.2. The van der Waals surface area contributed by atoms with Gasteiger partial charge in [0.2, 0.25) is 11.5 Å². The van der Waals surface area contributed by atoms with Gasteiger partial charge < -0.3 is 9.26 Å². The summed E-state index contributed by atoms with van der Waals surface area (Å²) in [7, 11) is -1.10. The summed E-state index contributed by atoms with van der Waals surface area (Å²) in [6.07, 6.45) is 2.69. The second-order valence-electron chi connectivity index (χ2n) is 10.3. The second-order valence-corrected chi connectivity index (χ2v) is 12.5. The number of benzene rings is 2. The minimum Gasteiger partial charge on any atom is -0.502 e. The predicted octanol–water partition coefficient (Wildman–Crippen LogP) is 7.65. The monoisotopic (exact) mass is 556 g/mol. The van der Waals surface area contributed by atoms with Crippen LogP contribution in [-0.4, -0.2) is 36.1 Å². The maximum absolute atomic E-state index is 13.4. The standard InChI is InChI=1S/C28H34N4O3S.CH4.H2S/c1-8-16-32(36(33)28(4,5)6)24-14-13-20-21(24)10-9-11-22(20)26-30-27(35-31-26)19-12-15-25(34-18(2)3)23(17-19)29-7;;/h9-12,15,17-18,24H,8,13-14,16H2,1-6H3;1H4;1H2/t24-,36-;;/m0../s1. The van der Waals surface area contributed by atoms with Gasteiger partial charge in [-0.25, -0.2) is 13.4 Å². The molecule has 0 unspecified atom stereocenters. The van der Waals surface area contributed by atoms with E-state index in [0.29, 0.717) is 28.7 Å². The number of fused-ring (bicyclic) bond motifs is 1. The molecule has 206 valence electrons. The first-order valence-corrected chi connectivity index (χ1v) is 13.6. The fraction of sp³-hybridized carbons (Fsp3) is 0.483. The van der Waals surface area contributed by atoms with Crippen molar-refractivity contribution in [2.45, 2.75) is 85.1 Å². The normalized spacial score (nSPS) is 15.4. The highest BCUT2D eigenvalue weighted by molar-refractivity contribution is 7.84. The first-order chi connectivity index (χ1) is 17.1. The first kappa shape index (κ1) is 31.5. The third kappa shape index (κ3) is 6.48. The molecule has 1 aliphatic rings. The van der Waals surface area contributed by atoms with Crippen LogP contribution in [0.25, 0.3) is 27.7 Å². The molecule has 0 amide bonds. The molecule has 1 aliphatic carbocycles. The Morgan fingerprint density at radius 3 is 2.63 bits per heavy atom. The molecular formula is C29H40N4O3S2. The van der Waals surface area contributed by atoms with E-state index < -0.39 is 11.0 Å². The van der Waals surface area contributed by atoms with Crippen molar-refractivity contribution >= 4 is 30.2 Å². The van der Waals surface area contributed by atoms with Crippen molar-refractivity contribution in [1.29, 1.82) is 0 Å². The Morgan fingerprint density at radius 2 is 2.00 bits per heavy atom. The number of hydrogen-bond acceptors (Lipinski definition) is 5. The lowest BCUT2D eigenvalue weighted by atomic mass is 10.0. The third-order valence-corrected chi connectivity index (χ3v) is 8.03. The summed E-state index contributed by atoms with van der Waals surface area (Å²) >= 11 is 0. The van der Waals surface area contributed by atoms with Crippen LogP contribution in [0.15, 0.2) is 40.9 Å². The van der Waals surface area contributed by atoms with Crippen molar-refractivity contribution in [3.05, 3.63) is 58.9 Å². The van der Waals surface area contributed by atoms with E-state index in [1.54, 1.807) is 12.1 Å². The Hall–Kier alpha value is -2.67. The summed E-state index contributed by atoms with van der Waals surface area (Å²) in [5.41, 5.74) is 4.40. The predicted molar refractivity (Wildman–Crippen MR) is 160 cm³/mol. The van der Waals surface area contributed by atoms with E-state index in [4.69, 9.17) is 15.8 Å². The Kier molecular flexibility index (Phi) is 10.7. The lowest BCUT2D eigenvalue weighted by Gasteiger charge is -2.33. The van der Waals surface area contributed by atoms with Gasteiger partial charge in [0.15, 0.2) is 0 Å². The van der Waals surface area contributed by atoms with Crippen molar-refractivity contribution in [3.8, 4) is 28.6 Å². The topological polar surface area (TPSA) is 72.8 Å². The number of hydrogen-bond donors (Lipinski definition) is 0. The molecule has 0 saturated heterocycles. The van der Waals surface area contributed by atoms with Crippen LogP contribution >= 0.6 is 13.5 Å². The summed E-state index contributed by atoms with van der Waals surface area (Å²) in [5.74, 6) is 1.42. The van der Waals surface area contributed by atoms with Crippen LogP contribution in [0.3, 0.4) is 0 Å². The lowest BCUT2D eigenvalue weighted by molar-refractivity contribution is 0.244. The van der Waals surface area contributed by atoms with E-state index in [0.717, 1.165) is 31.4 Å². The molecule has 2 atom stereocenters. The van der Waals surface area contributed by atoms with Crippen LogP contribution in [0.4, 0.5) is 5.69 Å². The van der Waals surface area contributed by atoms with Crippen LogP contribution in [0, 0.1) is 6.57 Å². The maximum Gasteiger partial charge on any atom is 0.256 e. The highest BCUT2D eigenvalue weighted by Crippen LogP contribution is 2.42. The van der Waals surface area contributed by atoms with Gasteiger partial charge in [0.05, 0.1) is 17.4 Å². The molecule has 0 saturated carbocycles. The highest BCUT2D eigenvalue weighted by atomic mass is 32.2. The minimum atomic E-state index is -1.10. The molecule has 4 rings (SSSR count). The molecule has 38 heavy (non-hydrogen) atoms. The molecule has 0 spiro atoms. The second kappa shape index (κ2) is 12.9. The van der Waals surface area contributed by atoms with Gasteiger partial charge in [0, 0.05) is 23.7 Å². The van der Waals surface area contributed by atoms with Gasteiger partial charge in [-0.15, -0.1) is 0 Å². The summed E-state index contributed by atoms with van der Waals surface area (Å²) in [6, 6.07) is 11.6. The summed E-state index contributed by atoms with van der Waals surface area (Å²) in [5, 5.41) is 4.28. The first-order valence-electron chi connectivity index (χ1n) is 12.5. The maximum atomic E-state index is 13.4. The van der Waals surface area contributed by atoms with Crippen LogP contribution < -0.4 is 4.74 Å². The molecule has 0 radical (unpaired) electrons. The Balaban J connectivity index is 0.00000253. The van der Waals surface area contributed by atoms with E-state index in [1.165, 1.54) is 11.1 Å². The molecule has 0 N–H and O–H groups in total. The zero-order chi connectivity index (χ0) is 26.0. The highest BCUT2D eigenvalue weighted by Gasteiger charge is 2.36. The molecule has 2 aromatic carbocycles. The van der Waals surface area contributed by atoms with Crippen molar-refractivity contribution in [2.75, 3.05) is 6.54 Å². The van der Waals surface area contributed by atoms with Crippen LogP contribution in [0.5, 0.6) is 5.75 Å². The molecule has 0 bridgehead atoms. The van der Waals surface area contributed by atoms with Crippen LogP contribution in [-0.2, 0) is 17.4 Å². The van der Waals surface area contributed by atoms with Crippen molar-refractivity contribution in [1.82, 2.24) is 14.4 Å². The average molecular weight is 557 g/mol. The molecule has 9 heteroatoms. The van der Waals surface area contributed by atoms with Gasteiger partial charge in [-0.3, -0.25) is 0 Å². The van der Waals surface area contributed by atoms with E-state index in [1.807, 2.05) is 52.8 Å². The molecular weight excluding hydrogens is 516 g/mol. The van der Waals surface area contributed by atoms with Gasteiger partial charge in [-0.1, -0.05) is 37.7 Å². The molecule has 1 aromatic heterocycles. The van der Waals surface area contributed by atoms with Gasteiger partial charge in [0.25, 0.3) is 5.89 Å². The fourth-order valence-electron chi connectivity index (χ4n) is 4.61. The Labute approximate surface area is 236 Å². The lowest BCUT2D eigenvalue weighted by Crippen LogP contribution is -2.39. The molecule has 7 nitrogen and oxygen atoms in total. The van der Waals surface area contributed by atoms with Crippen LogP contribution in [0.1, 0.15) is 79.0 Å². The van der Waals surface area contributed by atoms with Gasteiger partial charge >= 0.3 is 0 Å². The van der Waals surface area contributed by atoms with Crippen LogP contribution in [0.2, 0.25) is 0 Å². The fourth-order valence-corrected chi connectivity index (χ4v) is 6.11. The Morgan fingerprint density at radius 1 is 1.26 bits per heavy atom. The SMILES string of the molecule is C.S.[C-]#[N+]c1cc(-c2nc(-c3cccc4c3CC[C@@H]4N(CCC)[S@@](=O)C(C)(C)C)no2)ccc1OC(C)C. The van der Waals surface area contributed by atoms with E-state index in [-0.39, 0.29) is 37.8 Å². The quantitative estimate of drug-likeness (QED) is 0.266.